The van der Waals surface area contributed by atoms with E-state index >= 15 is 0 Å². The molecule has 0 N–H and O–H groups in total. The van der Waals surface area contributed by atoms with Gasteiger partial charge in [0.15, 0.2) is 0 Å². The number of rotatable bonds is 1. The van der Waals surface area contributed by atoms with E-state index in [0.717, 1.165) is 7.11 Å². The topological polar surface area (TPSA) is 9.23 Å². The fourth-order valence-corrected chi connectivity index (χ4v) is 1.85. The molecule has 1 aromatic carbocycles. The maximum atomic E-state index is 12.5. The van der Waals surface area contributed by atoms with Crippen LogP contribution in [0, 0.1) is 0 Å². The molecule has 0 bridgehead atoms. The molecule has 0 unspecified atom stereocenters. The predicted molar refractivity (Wildman–Crippen MR) is 50.7 cm³/mol. The van der Waals surface area contributed by atoms with Crippen LogP contribution in [0.1, 0.15) is 11.1 Å². The highest BCUT2D eigenvalue weighted by atomic mass is 79.9. The molecule has 0 fully saturated rings. The monoisotopic (exact) mass is 322 g/mol. The average molecular weight is 323 g/mol. The van der Waals surface area contributed by atoms with Crippen molar-refractivity contribution in [1.29, 1.82) is 0 Å². The van der Waals surface area contributed by atoms with Crippen LogP contribution in [0.25, 0.3) is 0 Å². The largest absolute Gasteiger partial charge is 0.496 e. The highest BCUT2D eigenvalue weighted by Gasteiger charge is 2.40. The third kappa shape index (κ3) is 3.05. The van der Waals surface area contributed by atoms with Crippen LogP contribution in [-0.2, 0) is 12.4 Å². The predicted octanol–water partition coefficient (Wildman–Crippen LogP) is 4.50. The van der Waals surface area contributed by atoms with Crippen molar-refractivity contribution in [2.75, 3.05) is 7.11 Å². The molecular weight excluding hydrogens is 318 g/mol. The normalized spacial score (nSPS) is 12.7. The molecule has 0 atom stereocenters. The minimum atomic E-state index is -4.80. The number of halogens is 7. The molecule has 96 valence electrons. The summed E-state index contributed by atoms with van der Waals surface area (Å²) in [6, 6.07) is 0.679. The van der Waals surface area contributed by atoms with Gasteiger partial charge in [-0.05, 0) is 12.1 Å². The molecule has 8 heteroatoms. The molecule has 0 aliphatic carbocycles. The molecule has 17 heavy (non-hydrogen) atoms. The SMILES string of the molecule is COc1cc(C(F)(F)F)cc(Br)c1C(F)(F)F. The second-order valence-corrected chi connectivity index (χ2v) is 3.89. The average Bonchev–Trinajstić information content (AvgIpc) is 2.12. The van der Waals surface area contributed by atoms with Crippen molar-refractivity contribution in [3.8, 4) is 5.75 Å². The van der Waals surface area contributed by atoms with E-state index in [-0.39, 0.29) is 0 Å². The molecular formula is C9H5BrF6O. The summed E-state index contributed by atoms with van der Waals surface area (Å²) >= 11 is 2.47. The zero-order chi connectivity index (χ0) is 13.4. The molecule has 0 amide bonds. The lowest BCUT2D eigenvalue weighted by Crippen LogP contribution is -2.12. The second-order valence-electron chi connectivity index (χ2n) is 3.03. The number of hydrogen-bond donors (Lipinski definition) is 0. The minimum absolute atomic E-state index is 0.313. The molecule has 0 radical (unpaired) electrons. The van der Waals surface area contributed by atoms with Crippen molar-refractivity contribution in [2.45, 2.75) is 12.4 Å². The molecule has 0 saturated heterocycles. The van der Waals surface area contributed by atoms with Crippen LogP contribution in [0.5, 0.6) is 5.75 Å². The Kier molecular flexibility index (Phi) is 3.66. The van der Waals surface area contributed by atoms with Gasteiger partial charge in [0.05, 0.1) is 12.7 Å². The Morgan fingerprint density at radius 2 is 1.53 bits per heavy atom. The molecule has 0 aromatic heterocycles. The van der Waals surface area contributed by atoms with Crippen molar-refractivity contribution in [1.82, 2.24) is 0 Å². The summed E-state index contributed by atoms with van der Waals surface area (Å²) in [5, 5.41) is 0. The summed E-state index contributed by atoms with van der Waals surface area (Å²) in [4.78, 5) is 0. The third-order valence-electron chi connectivity index (χ3n) is 1.88. The summed E-state index contributed by atoms with van der Waals surface area (Å²) in [7, 11) is 0.872. The fraction of sp³-hybridized carbons (Fsp3) is 0.333. The van der Waals surface area contributed by atoms with Gasteiger partial charge in [0.2, 0.25) is 0 Å². The van der Waals surface area contributed by atoms with E-state index < -0.39 is 33.7 Å². The highest BCUT2D eigenvalue weighted by molar-refractivity contribution is 9.10. The third-order valence-corrected chi connectivity index (χ3v) is 2.51. The molecule has 0 spiro atoms. The first-order valence-corrected chi connectivity index (χ1v) is 4.88. The summed E-state index contributed by atoms with van der Waals surface area (Å²) in [5.41, 5.74) is -2.48. The zero-order valence-electron chi connectivity index (χ0n) is 8.21. The molecule has 0 aliphatic heterocycles. The molecule has 1 aromatic rings. The standard InChI is InChI=1S/C9H5BrF6O/c1-17-6-3-4(8(11,12)13)2-5(10)7(6)9(14,15)16/h2-3H,1H3. The van der Waals surface area contributed by atoms with Gasteiger partial charge in [-0.25, -0.2) is 0 Å². The molecule has 0 heterocycles. The zero-order valence-corrected chi connectivity index (χ0v) is 9.79. The van der Waals surface area contributed by atoms with Crippen LogP contribution in [0.3, 0.4) is 0 Å². The van der Waals surface area contributed by atoms with E-state index in [4.69, 9.17) is 0 Å². The van der Waals surface area contributed by atoms with E-state index in [1.54, 1.807) is 0 Å². The van der Waals surface area contributed by atoms with Gasteiger partial charge in [-0.1, -0.05) is 15.9 Å². The number of alkyl halides is 6. The van der Waals surface area contributed by atoms with Crippen molar-refractivity contribution in [3.05, 3.63) is 27.7 Å². The van der Waals surface area contributed by atoms with E-state index in [1.165, 1.54) is 0 Å². The number of ether oxygens (including phenoxy) is 1. The second kappa shape index (κ2) is 4.40. The van der Waals surface area contributed by atoms with Crippen molar-refractivity contribution < 1.29 is 31.1 Å². The first-order valence-electron chi connectivity index (χ1n) is 4.09. The van der Waals surface area contributed by atoms with Gasteiger partial charge in [-0.3, -0.25) is 0 Å². The van der Waals surface area contributed by atoms with Crippen LogP contribution >= 0.6 is 15.9 Å². The van der Waals surface area contributed by atoms with Gasteiger partial charge < -0.3 is 4.74 Å². The van der Waals surface area contributed by atoms with Gasteiger partial charge in [-0.15, -0.1) is 0 Å². The molecule has 1 nitrogen and oxygen atoms in total. The number of hydrogen-bond acceptors (Lipinski definition) is 1. The van der Waals surface area contributed by atoms with Crippen LogP contribution in [0.2, 0.25) is 0 Å². The Labute approximate surface area is 101 Å². The van der Waals surface area contributed by atoms with E-state index in [2.05, 4.69) is 20.7 Å². The van der Waals surface area contributed by atoms with Gasteiger partial charge >= 0.3 is 12.4 Å². The summed E-state index contributed by atoms with van der Waals surface area (Å²) < 4.78 is 78.3. The van der Waals surface area contributed by atoms with Gasteiger partial charge in [-0.2, -0.15) is 26.3 Å². The van der Waals surface area contributed by atoms with Crippen molar-refractivity contribution in [3.63, 3.8) is 0 Å². The van der Waals surface area contributed by atoms with Crippen LogP contribution in [0.15, 0.2) is 16.6 Å². The lowest BCUT2D eigenvalue weighted by molar-refractivity contribution is -0.142. The Morgan fingerprint density at radius 3 is 1.88 bits per heavy atom. The summed E-state index contributed by atoms with van der Waals surface area (Å²) in [6.07, 6.45) is -9.53. The highest BCUT2D eigenvalue weighted by Crippen LogP contribution is 2.44. The van der Waals surface area contributed by atoms with E-state index in [9.17, 15) is 26.3 Å². The first-order chi connectivity index (χ1) is 7.57. The lowest BCUT2D eigenvalue weighted by atomic mass is 10.1. The molecule has 0 saturated carbocycles. The van der Waals surface area contributed by atoms with Crippen LogP contribution in [-0.4, -0.2) is 7.11 Å². The Morgan fingerprint density at radius 1 is 1.00 bits per heavy atom. The lowest BCUT2D eigenvalue weighted by Gasteiger charge is -2.16. The van der Waals surface area contributed by atoms with E-state index in [1.807, 2.05) is 0 Å². The van der Waals surface area contributed by atoms with Crippen molar-refractivity contribution >= 4 is 15.9 Å². The van der Waals surface area contributed by atoms with Crippen molar-refractivity contribution in [2.24, 2.45) is 0 Å². The smallest absolute Gasteiger partial charge is 0.421 e. The maximum Gasteiger partial charge on any atom is 0.421 e. The molecule has 0 aliphatic rings. The van der Waals surface area contributed by atoms with Crippen LogP contribution < -0.4 is 4.74 Å². The minimum Gasteiger partial charge on any atom is -0.496 e. The fourth-order valence-electron chi connectivity index (χ4n) is 1.18. The van der Waals surface area contributed by atoms with E-state index in [0.29, 0.717) is 12.1 Å². The Balaban J connectivity index is 3.47. The van der Waals surface area contributed by atoms with Gasteiger partial charge in [0, 0.05) is 4.47 Å². The summed E-state index contributed by atoms with van der Waals surface area (Å²) in [5.74, 6) is -0.876. The summed E-state index contributed by atoms with van der Waals surface area (Å²) in [6.45, 7) is 0. The Bertz CT molecular complexity index is 423. The van der Waals surface area contributed by atoms with Gasteiger partial charge in [0.1, 0.15) is 11.3 Å². The quantitative estimate of drug-likeness (QED) is 0.692. The number of benzene rings is 1. The first kappa shape index (κ1) is 14.1. The van der Waals surface area contributed by atoms with Gasteiger partial charge in [0.25, 0.3) is 0 Å². The Hall–Kier alpha value is -0.920. The maximum absolute atomic E-state index is 12.5. The number of methoxy groups -OCH3 is 1. The molecule has 1 rings (SSSR count). The van der Waals surface area contributed by atoms with Crippen LogP contribution in [0.4, 0.5) is 26.3 Å².